The number of aromatic nitrogens is 1. The van der Waals surface area contributed by atoms with Gasteiger partial charge in [0.2, 0.25) is 0 Å². The van der Waals surface area contributed by atoms with E-state index >= 15 is 0 Å². The van der Waals surface area contributed by atoms with Crippen LogP contribution >= 0.6 is 15.9 Å². The molecule has 1 amide bonds. The van der Waals surface area contributed by atoms with E-state index in [9.17, 15) is 4.79 Å². The molecule has 0 fully saturated rings. The van der Waals surface area contributed by atoms with Crippen molar-refractivity contribution in [1.82, 2.24) is 10.3 Å². The van der Waals surface area contributed by atoms with E-state index in [4.69, 9.17) is 9.47 Å². The van der Waals surface area contributed by atoms with Gasteiger partial charge in [-0.3, -0.25) is 4.79 Å². The highest BCUT2D eigenvalue weighted by Gasteiger charge is 2.09. The zero-order chi connectivity index (χ0) is 12.5. The largest absolute Gasteiger partial charge is 0.382 e. The van der Waals surface area contributed by atoms with E-state index in [1.807, 2.05) is 0 Å². The van der Waals surface area contributed by atoms with Gasteiger partial charge in [0.15, 0.2) is 0 Å². The molecule has 5 nitrogen and oxygen atoms in total. The van der Waals surface area contributed by atoms with Crippen molar-refractivity contribution < 1.29 is 14.3 Å². The molecular weight excluding hydrogens is 288 g/mol. The summed E-state index contributed by atoms with van der Waals surface area (Å²) in [5, 5.41) is 2.72. The summed E-state index contributed by atoms with van der Waals surface area (Å²) < 4.78 is 10.7. The van der Waals surface area contributed by atoms with Crippen LogP contribution in [0.4, 0.5) is 0 Å². The van der Waals surface area contributed by atoms with Crippen molar-refractivity contribution in [3.63, 3.8) is 0 Å². The summed E-state index contributed by atoms with van der Waals surface area (Å²) in [6.07, 6.45) is 1.58. The summed E-state index contributed by atoms with van der Waals surface area (Å²) in [7, 11) is 1.61. The summed E-state index contributed by atoms with van der Waals surface area (Å²) in [5.41, 5.74) is 0.379. The lowest BCUT2D eigenvalue weighted by molar-refractivity contribution is 0.0691. The number of amides is 1. The number of carbonyl (C=O) groups is 1. The third-order valence-electron chi connectivity index (χ3n) is 1.94. The van der Waals surface area contributed by atoms with Crippen molar-refractivity contribution in [2.75, 3.05) is 33.5 Å². The minimum atomic E-state index is -0.215. The lowest BCUT2D eigenvalue weighted by Crippen LogP contribution is -2.28. The summed E-state index contributed by atoms with van der Waals surface area (Å²) in [4.78, 5) is 15.7. The highest BCUT2D eigenvalue weighted by Crippen LogP contribution is 2.12. The van der Waals surface area contributed by atoms with Crippen LogP contribution in [-0.2, 0) is 9.47 Å². The third-order valence-corrected chi connectivity index (χ3v) is 2.58. The van der Waals surface area contributed by atoms with Crippen LogP contribution < -0.4 is 5.32 Å². The zero-order valence-corrected chi connectivity index (χ0v) is 11.2. The van der Waals surface area contributed by atoms with Crippen LogP contribution in [0.1, 0.15) is 10.5 Å². The van der Waals surface area contributed by atoms with Gasteiger partial charge < -0.3 is 14.8 Å². The zero-order valence-electron chi connectivity index (χ0n) is 9.61. The molecular formula is C11H15BrN2O3. The van der Waals surface area contributed by atoms with Crippen LogP contribution in [0.25, 0.3) is 0 Å². The monoisotopic (exact) mass is 302 g/mol. The molecule has 1 N–H and O–H groups in total. The Morgan fingerprint density at radius 3 is 3.00 bits per heavy atom. The topological polar surface area (TPSA) is 60.5 Å². The molecule has 0 unspecified atom stereocenters. The quantitative estimate of drug-likeness (QED) is 0.770. The normalized spacial score (nSPS) is 10.2. The fourth-order valence-corrected chi connectivity index (χ4v) is 1.55. The smallest absolute Gasteiger partial charge is 0.271 e. The Hall–Kier alpha value is -0.980. The summed E-state index contributed by atoms with van der Waals surface area (Å²) >= 11 is 3.27. The molecule has 0 aliphatic rings. The van der Waals surface area contributed by atoms with Gasteiger partial charge in [0.1, 0.15) is 5.69 Å². The van der Waals surface area contributed by atoms with Gasteiger partial charge in [0.05, 0.1) is 19.8 Å². The van der Waals surface area contributed by atoms with Gasteiger partial charge in [-0.2, -0.15) is 0 Å². The number of rotatable bonds is 7. The van der Waals surface area contributed by atoms with E-state index in [2.05, 4.69) is 26.2 Å². The molecule has 0 saturated heterocycles. The number of methoxy groups -OCH3 is 1. The molecule has 0 atom stereocenters. The van der Waals surface area contributed by atoms with Gasteiger partial charge in [-0.1, -0.05) is 0 Å². The first-order valence-electron chi connectivity index (χ1n) is 5.21. The van der Waals surface area contributed by atoms with Crippen molar-refractivity contribution in [2.45, 2.75) is 0 Å². The van der Waals surface area contributed by atoms with E-state index < -0.39 is 0 Å². The summed E-state index contributed by atoms with van der Waals surface area (Å²) in [5.74, 6) is -0.215. The highest BCUT2D eigenvalue weighted by atomic mass is 79.9. The molecule has 0 radical (unpaired) electrons. The second-order valence-electron chi connectivity index (χ2n) is 3.19. The molecule has 0 aliphatic heterocycles. The van der Waals surface area contributed by atoms with E-state index in [1.165, 1.54) is 0 Å². The summed E-state index contributed by atoms with van der Waals surface area (Å²) in [6.45, 7) is 1.99. The molecule has 0 bridgehead atoms. The molecule has 0 aliphatic carbocycles. The Balaban J connectivity index is 2.24. The van der Waals surface area contributed by atoms with Crippen LogP contribution in [0, 0.1) is 0 Å². The van der Waals surface area contributed by atoms with Gasteiger partial charge in [-0.05, 0) is 28.1 Å². The number of carbonyl (C=O) groups excluding carboxylic acids is 1. The van der Waals surface area contributed by atoms with Gasteiger partial charge in [0.25, 0.3) is 5.91 Å². The first-order valence-corrected chi connectivity index (χ1v) is 6.00. The predicted octanol–water partition coefficient (Wildman–Crippen LogP) is 1.24. The second-order valence-corrected chi connectivity index (χ2v) is 4.05. The number of pyridine rings is 1. The minimum Gasteiger partial charge on any atom is -0.382 e. The average molecular weight is 303 g/mol. The van der Waals surface area contributed by atoms with E-state index in [-0.39, 0.29) is 5.91 Å². The SMILES string of the molecule is COCCOCCNC(=O)c1ncccc1Br. The molecule has 94 valence electrons. The third kappa shape index (κ3) is 5.25. The first-order chi connectivity index (χ1) is 8.25. The Labute approximate surface area is 109 Å². The maximum Gasteiger partial charge on any atom is 0.271 e. The molecule has 0 aromatic carbocycles. The maximum atomic E-state index is 11.7. The molecule has 1 aromatic rings. The highest BCUT2D eigenvalue weighted by molar-refractivity contribution is 9.10. The van der Waals surface area contributed by atoms with Crippen molar-refractivity contribution in [3.05, 3.63) is 28.5 Å². The van der Waals surface area contributed by atoms with Crippen molar-refractivity contribution in [1.29, 1.82) is 0 Å². The number of ether oxygens (including phenoxy) is 2. The van der Waals surface area contributed by atoms with E-state index in [0.29, 0.717) is 36.5 Å². The van der Waals surface area contributed by atoms with Crippen LogP contribution in [0.15, 0.2) is 22.8 Å². The van der Waals surface area contributed by atoms with Crippen LogP contribution in [0.3, 0.4) is 0 Å². The molecule has 0 spiro atoms. The van der Waals surface area contributed by atoms with Crippen LogP contribution in [0.5, 0.6) is 0 Å². The van der Waals surface area contributed by atoms with Crippen molar-refractivity contribution >= 4 is 21.8 Å². The standard InChI is InChI=1S/C11H15BrN2O3/c1-16-7-8-17-6-5-14-11(15)10-9(12)3-2-4-13-10/h2-4H,5-8H2,1H3,(H,14,15). The van der Waals surface area contributed by atoms with Gasteiger partial charge >= 0.3 is 0 Å². The summed E-state index contributed by atoms with van der Waals surface area (Å²) in [6, 6.07) is 3.53. The first kappa shape index (κ1) is 14.1. The number of nitrogens with zero attached hydrogens (tertiary/aromatic N) is 1. The van der Waals surface area contributed by atoms with Gasteiger partial charge in [-0.25, -0.2) is 4.98 Å². The Morgan fingerprint density at radius 2 is 2.29 bits per heavy atom. The molecule has 1 aromatic heterocycles. The fourth-order valence-electron chi connectivity index (χ4n) is 1.12. The minimum absolute atomic E-state index is 0.215. The molecule has 17 heavy (non-hydrogen) atoms. The predicted molar refractivity (Wildman–Crippen MR) is 67.0 cm³/mol. The molecule has 1 rings (SSSR count). The fraction of sp³-hybridized carbons (Fsp3) is 0.455. The number of hydrogen-bond acceptors (Lipinski definition) is 4. The van der Waals surface area contributed by atoms with E-state index in [0.717, 1.165) is 0 Å². The van der Waals surface area contributed by atoms with Crippen molar-refractivity contribution in [3.8, 4) is 0 Å². The van der Waals surface area contributed by atoms with Crippen molar-refractivity contribution in [2.24, 2.45) is 0 Å². The molecule has 0 saturated carbocycles. The molecule has 6 heteroatoms. The second kappa shape index (κ2) is 8.16. The number of hydrogen-bond donors (Lipinski definition) is 1. The number of nitrogens with one attached hydrogen (secondary N) is 1. The Kier molecular flexibility index (Phi) is 6.76. The lowest BCUT2D eigenvalue weighted by atomic mass is 10.3. The number of halogens is 1. The lowest BCUT2D eigenvalue weighted by Gasteiger charge is -2.06. The molecule has 1 heterocycles. The van der Waals surface area contributed by atoms with Gasteiger partial charge in [-0.15, -0.1) is 0 Å². The Morgan fingerprint density at radius 1 is 1.47 bits per heavy atom. The van der Waals surface area contributed by atoms with Crippen LogP contribution in [0.2, 0.25) is 0 Å². The maximum absolute atomic E-state index is 11.7. The van der Waals surface area contributed by atoms with Crippen LogP contribution in [-0.4, -0.2) is 44.4 Å². The van der Waals surface area contributed by atoms with Gasteiger partial charge in [0, 0.05) is 24.3 Å². The van der Waals surface area contributed by atoms with E-state index in [1.54, 1.807) is 25.4 Å². The Bertz CT molecular complexity index is 360. The average Bonchev–Trinajstić information content (AvgIpc) is 2.34.